The van der Waals surface area contributed by atoms with E-state index in [1.807, 2.05) is 6.92 Å². The largest absolute Gasteiger partial charge is 0.494 e. The molecule has 1 unspecified atom stereocenters. The van der Waals surface area contributed by atoms with E-state index in [1.165, 1.54) is 0 Å². The number of hydrogen-bond acceptors (Lipinski definition) is 5. The summed E-state index contributed by atoms with van der Waals surface area (Å²) in [5, 5.41) is 14.5. The number of carboxylic acid groups (broad SMARTS) is 1. The van der Waals surface area contributed by atoms with Crippen LogP contribution in [0.15, 0.2) is 24.3 Å². The van der Waals surface area contributed by atoms with E-state index < -0.39 is 17.8 Å². The summed E-state index contributed by atoms with van der Waals surface area (Å²) >= 11 is 0. The molecule has 148 valence electrons. The third-order valence-electron chi connectivity index (χ3n) is 4.51. The van der Waals surface area contributed by atoms with Crippen LogP contribution in [-0.2, 0) is 14.3 Å². The Morgan fingerprint density at radius 3 is 2.44 bits per heavy atom. The van der Waals surface area contributed by atoms with Crippen LogP contribution in [0.1, 0.15) is 30.1 Å². The topological polar surface area (TPSA) is 114 Å². The molecule has 0 bridgehead atoms. The van der Waals surface area contributed by atoms with Crippen LogP contribution in [0.3, 0.4) is 0 Å². The van der Waals surface area contributed by atoms with Crippen LogP contribution in [0.4, 0.5) is 0 Å². The predicted octanol–water partition coefficient (Wildman–Crippen LogP) is 1.06. The fourth-order valence-electron chi connectivity index (χ4n) is 2.99. The number of benzene rings is 1. The number of aliphatic carboxylic acids is 1. The first-order valence-electron chi connectivity index (χ1n) is 9.09. The highest BCUT2D eigenvalue weighted by Gasteiger charge is 2.30. The van der Waals surface area contributed by atoms with Gasteiger partial charge < -0.3 is 25.2 Å². The van der Waals surface area contributed by atoms with Crippen LogP contribution in [0, 0.1) is 11.8 Å². The molecule has 1 aromatic rings. The smallest absolute Gasteiger partial charge is 0.308 e. The Kier molecular flexibility index (Phi) is 8.06. The zero-order chi connectivity index (χ0) is 19.6. The SMILES string of the molecule is CCOc1ccc(C(=O)NCC(=O)NCC(C(=O)O)C2CCOCC2)cc1. The van der Waals surface area contributed by atoms with E-state index in [1.54, 1.807) is 24.3 Å². The molecule has 0 aromatic heterocycles. The lowest BCUT2D eigenvalue weighted by Crippen LogP contribution is -2.42. The van der Waals surface area contributed by atoms with E-state index in [2.05, 4.69) is 10.6 Å². The molecule has 3 N–H and O–H groups in total. The minimum absolute atomic E-state index is 0.0185. The molecule has 1 fully saturated rings. The summed E-state index contributed by atoms with van der Waals surface area (Å²) in [7, 11) is 0. The summed E-state index contributed by atoms with van der Waals surface area (Å²) in [6.07, 6.45) is 1.34. The van der Waals surface area contributed by atoms with E-state index in [4.69, 9.17) is 9.47 Å². The number of ether oxygens (including phenoxy) is 2. The number of nitrogens with one attached hydrogen (secondary N) is 2. The van der Waals surface area contributed by atoms with Gasteiger partial charge in [-0.2, -0.15) is 0 Å². The van der Waals surface area contributed by atoms with E-state index in [-0.39, 0.29) is 24.9 Å². The zero-order valence-electron chi connectivity index (χ0n) is 15.4. The van der Waals surface area contributed by atoms with Crippen LogP contribution >= 0.6 is 0 Å². The fraction of sp³-hybridized carbons (Fsp3) is 0.526. The second-order valence-electron chi connectivity index (χ2n) is 6.34. The Balaban J connectivity index is 1.77. The first-order valence-corrected chi connectivity index (χ1v) is 9.09. The van der Waals surface area contributed by atoms with Gasteiger partial charge in [0.05, 0.1) is 19.1 Å². The molecule has 0 radical (unpaired) electrons. The minimum atomic E-state index is -0.930. The summed E-state index contributed by atoms with van der Waals surface area (Å²) in [5.74, 6) is -1.74. The molecule has 27 heavy (non-hydrogen) atoms. The quantitative estimate of drug-likeness (QED) is 0.592. The average molecular weight is 378 g/mol. The van der Waals surface area contributed by atoms with Crippen molar-refractivity contribution in [3.05, 3.63) is 29.8 Å². The molecule has 0 aliphatic carbocycles. The first kappa shape index (κ1) is 20.7. The summed E-state index contributed by atoms with van der Waals surface area (Å²) in [6.45, 7) is 3.32. The van der Waals surface area contributed by atoms with Crippen molar-refractivity contribution in [3.63, 3.8) is 0 Å². The molecule has 2 amide bonds. The van der Waals surface area contributed by atoms with E-state index in [0.717, 1.165) is 0 Å². The monoisotopic (exact) mass is 378 g/mol. The highest BCUT2D eigenvalue weighted by Crippen LogP contribution is 2.23. The lowest BCUT2D eigenvalue weighted by molar-refractivity contribution is -0.144. The standard InChI is InChI=1S/C19H26N2O6/c1-2-27-15-5-3-14(4-6-15)18(23)21-12-17(22)20-11-16(19(24)25)13-7-9-26-10-8-13/h3-6,13,16H,2,7-12H2,1H3,(H,20,22)(H,21,23)(H,24,25). The summed E-state index contributed by atoms with van der Waals surface area (Å²) in [5.41, 5.74) is 0.414. The maximum absolute atomic E-state index is 12.1. The maximum Gasteiger partial charge on any atom is 0.308 e. The van der Waals surface area contributed by atoms with Gasteiger partial charge in [-0.05, 0) is 49.9 Å². The summed E-state index contributed by atoms with van der Waals surface area (Å²) in [6, 6.07) is 6.60. The second kappa shape index (κ2) is 10.5. The zero-order valence-corrected chi connectivity index (χ0v) is 15.4. The number of carbonyl (C=O) groups excluding carboxylic acids is 2. The Labute approximate surface area is 158 Å². The first-order chi connectivity index (χ1) is 13.0. The fourth-order valence-corrected chi connectivity index (χ4v) is 2.99. The van der Waals surface area contributed by atoms with Gasteiger partial charge in [0.25, 0.3) is 5.91 Å². The molecular weight excluding hydrogens is 352 g/mol. The lowest BCUT2D eigenvalue weighted by Gasteiger charge is -2.27. The maximum atomic E-state index is 12.1. The normalized spacial score (nSPS) is 15.6. The van der Waals surface area contributed by atoms with Crippen molar-refractivity contribution in [2.75, 3.05) is 32.9 Å². The minimum Gasteiger partial charge on any atom is -0.494 e. The molecular formula is C19H26N2O6. The average Bonchev–Trinajstić information content (AvgIpc) is 2.67. The van der Waals surface area contributed by atoms with Crippen LogP contribution in [0.5, 0.6) is 5.75 Å². The summed E-state index contributed by atoms with van der Waals surface area (Å²) in [4.78, 5) is 35.5. The Morgan fingerprint density at radius 2 is 1.85 bits per heavy atom. The summed E-state index contributed by atoms with van der Waals surface area (Å²) < 4.78 is 10.6. The number of rotatable bonds is 9. The molecule has 1 aliphatic rings. The van der Waals surface area contributed by atoms with Gasteiger partial charge in [0.1, 0.15) is 5.75 Å². The van der Waals surface area contributed by atoms with Crippen molar-refractivity contribution >= 4 is 17.8 Å². The van der Waals surface area contributed by atoms with Crippen LogP contribution in [-0.4, -0.2) is 55.8 Å². The Morgan fingerprint density at radius 1 is 1.19 bits per heavy atom. The molecule has 0 saturated carbocycles. The van der Waals surface area contributed by atoms with Crippen molar-refractivity contribution in [2.24, 2.45) is 11.8 Å². The molecule has 1 aliphatic heterocycles. The van der Waals surface area contributed by atoms with E-state index in [9.17, 15) is 19.5 Å². The van der Waals surface area contributed by atoms with Gasteiger partial charge in [0.15, 0.2) is 0 Å². The molecule has 2 rings (SSSR count). The molecule has 1 heterocycles. The van der Waals surface area contributed by atoms with Crippen molar-refractivity contribution in [2.45, 2.75) is 19.8 Å². The van der Waals surface area contributed by atoms with Crippen molar-refractivity contribution in [3.8, 4) is 5.75 Å². The third kappa shape index (κ3) is 6.56. The Hall–Kier alpha value is -2.61. The molecule has 8 nitrogen and oxygen atoms in total. The highest BCUT2D eigenvalue weighted by atomic mass is 16.5. The number of carbonyl (C=O) groups is 3. The van der Waals surface area contributed by atoms with Gasteiger partial charge in [-0.1, -0.05) is 0 Å². The second-order valence-corrected chi connectivity index (χ2v) is 6.34. The molecule has 0 spiro atoms. The van der Waals surface area contributed by atoms with E-state index in [0.29, 0.717) is 44.0 Å². The van der Waals surface area contributed by atoms with Gasteiger partial charge in [-0.25, -0.2) is 0 Å². The molecule has 1 aromatic carbocycles. The van der Waals surface area contributed by atoms with Crippen molar-refractivity contribution in [1.82, 2.24) is 10.6 Å². The van der Waals surface area contributed by atoms with Crippen LogP contribution < -0.4 is 15.4 Å². The number of amides is 2. The molecule has 1 atom stereocenters. The van der Waals surface area contributed by atoms with Crippen LogP contribution in [0.25, 0.3) is 0 Å². The van der Waals surface area contributed by atoms with Crippen molar-refractivity contribution < 1.29 is 29.0 Å². The van der Waals surface area contributed by atoms with Gasteiger partial charge in [0, 0.05) is 25.3 Å². The van der Waals surface area contributed by atoms with E-state index >= 15 is 0 Å². The lowest BCUT2D eigenvalue weighted by atomic mass is 9.86. The van der Waals surface area contributed by atoms with Gasteiger partial charge >= 0.3 is 5.97 Å². The predicted molar refractivity (Wildman–Crippen MR) is 97.6 cm³/mol. The highest BCUT2D eigenvalue weighted by molar-refractivity contribution is 5.96. The van der Waals surface area contributed by atoms with Gasteiger partial charge in [0.2, 0.25) is 5.91 Å². The molecule has 1 saturated heterocycles. The third-order valence-corrected chi connectivity index (χ3v) is 4.51. The molecule has 8 heteroatoms. The van der Waals surface area contributed by atoms with Crippen molar-refractivity contribution in [1.29, 1.82) is 0 Å². The number of carboxylic acids is 1. The Bertz CT molecular complexity index is 640. The van der Waals surface area contributed by atoms with Gasteiger partial charge in [-0.3, -0.25) is 14.4 Å². The van der Waals surface area contributed by atoms with Gasteiger partial charge in [-0.15, -0.1) is 0 Å². The number of hydrogen-bond donors (Lipinski definition) is 3. The van der Waals surface area contributed by atoms with Crippen LogP contribution in [0.2, 0.25) is 0 Å².